The van der Waals surface area contributed by atoms with Crippen LogP contribution in [0, 0.1) is 0 Å². The fourth-order valence-electron chi connectivity index (χ4n) is 3.09. The normalized spacial score (nSPS) is 19.7. The third-order valence-corrected chi connectivity index (χ3v) is 5.34. The van der Waals surface area contributed by atoms with E-state index in [1.807, 2.05) is 6.07 Å². The standard InChI is InChI=1S/C15H24ClNOS/c1-3-10-17-14(13-12(16)7-11-19-13)15(18-4-2)8-5-6-9-15/h7,11,14,17H,3-6,8-10H2,1-2H3. The van der Waals surface area contributed by atoms with Gasteiger partial charge in [-0.2, -0.15) is 0 Å². The molecule has 4 heteroatoms. The van der Waals surface area contributed by atoms with E-state index in [0.29, 0.717) is 0 Å². The summed E-state index contributed by atoms with van der Waals surface area (Å²) in [5, 5.41) is 6.64. The van der Waals surface area contributed by atoms with Gasteiger partial charge in [0, 0.05) is 11.5 Å². The zero-order valence-corrected chi connectivity index (χ0v) is 13.4. The zero-order valence-electron chi connectivity index (χ0n) is 11.9. The second-order valence-electron chi connectivity index (χ2n) is 5.22. The van der Waals surface area contributed by atoms with E-state index < -0.39 is 0 Å². The van der Waals surface area contributed by atoms with E-state index in [9.17, 15) is 0 Å². The van der Waals surface area contributed by atoms with E-state index in [2.05, 4.69) is 24.5 Å². The Morgan fingerprint density at radius 1 is 1.42 bits per heavy atom. The van der Waals surface area contributed by atoms with Crippen molar-refractivity contribution >= 4 is 22.9 Å². The summed E-state index contributed by atoms with van der Waals surface area (Å²) in [6, 6.07) is 2.24. The Labute approximate surface area is 125 Å². The second kappa shape index (κ2) is 7.07. The van der Waals surface area contributed by atoms with E-state index in [0.717, 1.165) is 37.4 Å². The van der Waals surface area contributed by atoms with Crippen LogP contribution >= 0.6 is 22.9 Å². The van der Waals surface area contributed by atoms with Crippen molar-refractivity contribution < 1.29 is 4.74 Å². The highest BCUT2D eigenvalue weighted by atomic mass is 35.5. The Kier molecular flexibility index (Phi) is 5.70. The van der Waals surface area contributed by atoms with Gasteiger partial charge in [0.25, 0.3) is 0 Å². The third-order valence-electron chi connectivity index (χ3n) is 3.91. The van der Waals surface area contributed by atoms with Crippen molar-refractivity contribution in [3.8, 4) is 0 Å². The SMILES string of the molecule is CCCNC(c1sccc1Cl)C1(OCC)CCCC1. The van der Waals surface area contributed by atoms with E-state index in [-0.39, 0.29) is 11.6 Å². The van der Waals surface area contributed by atoms with Crippen molar-refractivity contribution in [2.75, 3.05) is 13.2 Å². The maximum Gasteiger partial charge on any atom is 0.0884 e. The molecule has 1 aromatic rings. The molecule has 0 saturated heterocycles. The van der Waals surface area contributed by atoms with Gasteiger partial charge in [-0.3, -0.25) is 0 Å². The molecule has 1 aliphatic rings. The Bertz CT molecular complexity index is 387. The monoisotopic (exact) mass is 301 g/mol. The van der Waals surface area contributed by atoms with E-state index in [4.69, 9.17) is 16.3 Å². The van der Waals surface area contributed by atoms with Gasteiger partial charge in [-0.05, 0) is 44.2 Å². The van der Waals surface area contributed by atoms with Gasteiger partial charge in [0.05, 0.1) is 16.7 Å². The number of rotatable bonds is 7. The van der Waals surface area contributed by atoms with Gasteiger partial charge in [-0.25, -0.2) is 0 Å². The summed E-state index contributed by atoms with van der Waals surface area (Å²) >= 11 is 8.11. The quantitative estimate of drug-likeness (QED) is 0.781. The maximum atomic E-state index is 6.37. The summed E-state index contributed by atoms with van der Waals surface area (Å²) in [7, 11) is 0. The first-order valence-electron chi connectivity index (χ1n) is 7.33. The van der Waals surface area contributed by atoms with Gasteiger partial charge in [0.15, 0.2) is 0 Å². The number of ether oxygens (including phenoxy) is 1. The molecule has 0 aliphatic heterocycles. The molecule has 0 amide bonds. The molecule has 2 rings (SSSR count). The summed E-state index contributed by atoms with van der Waals surface area (Å²) in [6.45, 7) is 6.07. The molecule has 19 heavy (non-hydrogen) atoms. The minimum atomic E-state index is -0.0571. The van der Waals surface area contributed by atoms with E-state index in [1.54, 1.807) is 11.3 Å². The van der Waals surface area contributed by atoms with Gasteiger partial charge in [0.1, 0.15) is 0 Å². The molecule has 0 spiro atoms. The van der Waals surface area contributed by atoms with Crippen molar-refractivity contribution in [2.24, 2.45) is 0 Å². The molecule has 108 valence electrons. The fourth-order valence-corrected chi connectivity index (χ4v) is 4.44. The summed E-state index contributed by atoms with van der Waals surface area (Å²) < 4.78 is 6.21. The summed E-state index contributed by atoms with van der Waals surface area (Å²) in [6.07, 6.45) is 5.91. The van der Waals surface area contributed by atoms with Gasteiger partial charge in [-0.15, -0.1) is 11.3 Å². The lowest BCUT2D eigenvalue weighted by Gasteiger charge is -2.38. The van der Waals surface area contributed by atoms with Crippen LogP contribution in [-0.4, -0.2) is 18.8 Å². The molecule has 0 bridgehead atoms. The Morgan fingerprint density at radius 2 is 2.16 bits per heavy atom. The van der Waals surface area contributed by atoms with Crippen LogP contribution in [-0.2, 0) is 4.74 Å². The van der Waals surface area contributed by atoms with Crippen LogP contribution in [0.25, 0.3) is 0 Å². The molecular weight excluding hydrogens is 278 g/mol. The van der Waals surface area contributed by atoms with Crippen LogP contribution in [0.3, 0.4) is 0 Å². The number of thiophene rings is 1. The average Bonchev–Trinajstić information content (AvgIpc) is 3.02. The summed E-state index contributed by atoms with van der Waals surface area (Å²) in [4.78, 5) is 1.24. The van der Waals surface area contributed by atoms with E-state index in [1.165, 1.54) is 17.7 Å². The predicted octanol–water partition coefficient (Wildman–Crippen LogP) is 4.79. The minimum Gasteiger partial charge on any atom is -0.373 e. The van der Waals surface area contributed by atoms with Crippen LogP contribution in [0.4, 0.5) is 0 Å². The summed E-state index contributed by atoms with van der Waals surface area (Å²) in [5.74, 6) is 0. The first kappa shape index (κ1) is 15.3. The van der Waals surface area contributed by atoms with Crippen molar-refractivity contribution in [1.82, 2.24) is 5.32 Å². The molecule has 1 aliphatic carbocycles. The second-order valence-corrected chi connectivity index (χ2v) is 6.58. The largest absolute Gasteiger partial charge is 0.373 e. The first-order chi connectivity index (χ1) is 9.23. The molecule has 1 aromatic heterocycles. The Morgan fingerprint density at radius 3 is 2.68 bits per heavy atom. The molecule has 0 aromatic carbocycles. The molecule has 1 heterocycles. The molecule has 1 saturated carbocycles. The van der Waals surface area contributed by atoms with Crippen molar-refractivity contribution in [3.05, 3.63) is 21.3 Å². The van der Waals surface area contributed by atoms with Crippen LogP contribution in [0.2, 0.25) is 5.02 Å². The Hall–Kier alpha value is -0.0900. The minimum absolute atomic E-state index is 0.0571. The third kappa shape index (κ3) is 3.33. The fraction of sp³-hybridized carbons (Fsp3) is 0.733. The molecule has 1 atom stereocenters. The zero-order chi connectivity index (χ0) is 13.7. The number of halogens is 1. The number of hydrogen-bond donors (Lipinski definition) is 1. The average molecular weight is 302 g/mol. The van der Waals surface area contributed by atoms with Crippen LogP contribution < -0.4 is 5.32 Å². The van der Waals surface area contributed by atoms with Gasteiger partial charge in [-0.1, -0.05) is 31.4 Å². The molecule has 1 unspecified atom stereocenters. The highest BCUT2D eigenvalue weighted by Gasteiger charge is 2.43. The highest BCUT2D eigenvalue weighted by molar-refractivity contribution is 7.10. The molecule has 1 N–H and O–H groups in total. The molecule has 2 nitrogen and oxygen atoms in total. The first-order valence-corrected chi connectivity index (χ1v) is 8.59. The van der Waals surface area contributed by atoms with Crippen molar-refractivity contribution in [3.63, 3.8) is 0 Å². The molecule has 1 fully saturated rings. The smallest absolute Gasteiger partial charge is 0.0884 e. The maximum absolute atomic E-state index is 6.37. The van der Waals surface area contributed by atoms with Gasteiger partial charge >= 0.3 is 0 Å². The summed E-state index contributed by atoms with van der Waals surface area (Å²) in [5.41, 5.74) is -0.0571. The highest BCUT2D eigenvalue weighted by Crippen LogP contribution is 2.46. The van der Waals surface area contributed by atoms with Crippen LogP contribution in [0.5, 0.6) is 0 Å². The lowest BCUT2D eigenvalue weighted by molar-refractivity contribution is -0.0617. The van der Waals surface area contributed by atoms with E-state index >= 15 is 0 Å². The predicted molar refractivity (Wildman–Crippen MR) is 83.2 cm³/mol. The molecule has 0 radical (unpaired) electrons. The lowest BCUT2D eigenvalue weighted by atomic mass is 9.90. The number of nitrogens with one attached hydrogen (secondary N) is 1. The number of hydrogen-bond acceptors (Lipinski definition) is 3. The van der Waals surface area contributed by atoms with Crippen molar-refractivity contribution in [1.29, 1.82) is 0 Å². The van der Waals surface area contributed by atoms with Gasteiger partial charge < -0.3 is 10.1 Å². The van der Waals surface area contributed by atoms with Crippen molar-refractivity contribution in [2.45, 2.75) is 57.6 Å². The van der Waals surface area contributed by atoms with Crippen LogP contribution in [0.15, 0.2) is 11.4 Å². The molecular formula is C15H24ClNOS. The van der Waals surface area contributed by atoms with Crippen LogP contribution in [0.1, 0.15) is 56.9 Å². The lowest BCUT2D eigenvalue weighted by Crippen LogP contribution is -2.44. The van der Waals surface area contributed by atoms with Gasteiger partial charge in [0.2, 0.25) is 0 Å². The topological polar surface area (TPSA) is 21.3 Å². The Balaban J connectivity index is 2.27.